The second-order valence-corrected chi connectivity index (χ2v) is 6.73. The molecule has 0 saturated carbocycles. The average molecular weight is 388 g/mol. The summed E-state index contributed by atoms with van der Waals surface area (Å²) in [5.41, 5.74) is 9.44. The summed E-state index contributed by atoms with van der Waals surface area (Å²) in [7, 11) is 0. The van der Waals surface area contributed by atoms with Gasteiger partial charge >= 0.3 is 0 Å². The highest BCUT2D eigenvalue weighted by Crippen LogP contribution is 2.23. The SMILES string of the molecule is Cc1ccc(N)cc1C(=O)NCCN1CCc2sccc2C1.Cl.Cl. The average Bonchev–Trinajstić information content (AvgIpc) is 2.97. The third kappa shape index (κ3) is 4.86. The maximum atomic E-state index is 12.2. The molecule has 0 unspecified atom stereocenters. The van der Waals surface area contributed by atoms with E-state index in [9.17, 15) is 4.79 Å². The monoisotopic (exact) mass is 387 g/mol. The van der Waals surface area contributed by atoms with Gasteiger partial charge < -0.3 is 11.1 Å². The van der Waals surface area contributed by atoms with E-state index in [1.807, 2.05) is 30.4 Å². The fourth-order valence-electron chi connectivity index (χ4n) is 2.80. The Labute approximate surface area is 159 Å². The molecule has 3 N–H and O–H groups in total. The van der Waals surface area contributed by atoms with Crippen LogP contribution in [0.15, 0.2) is 29.6 Å². The summed E-state index contributed by atoms with van der Waals surface area (Å²) in [6.07, 6.45) is 1.12. The Morgan fingerprint density at radius 3 is 2.92 bits per heavy atom. The molecule has 0 spiro atoms. The molecule has 24 heavy (non-hydrogen) atoms. The lowest BCUT2D eigenvalue weighted by Crippen LogP contribution is -2.37. The van der Waals surface area contributed by atoms with Crippen LogP contribution < -0.4 is 11.1 Å². The van der Waals surface area contributed by atoms with E-state index in [0.717, 1.165) is 31.6 Å². The predicted octanol–water partition coefficient (Wildman–Crippen LogP) is 3.27. The molecule has 3 rings (SSSR count). The first-order valence-electron chi connectivity index (χ1n) is 7.55. The third-order valence-corrected chi connectivity index (χ3v) is 5.13. The van der Waals surface area contributed by atoms with Gasteiger partial charge in [-0.2, -0.15) is 0 Å². The lowest BCUT2D eigenvalue weighted by molar-refractivity contribution is 0.0947. The molecule has 2 aromatic rings. The number of halogens is 2. The van der Waals surface area contributed by atoms with Crippen molar-refractivity contribution in [1.29, 1.82) is 0 Å². The number of hydrogen-bond acceptors (Lipinski definition) is 4. The van der Waals surface area contributed by atoms with E-state index in [0.29, 0.717) is 17.8 Å². The number of carbonyl (C=O) groups excluding carboxylic acids is 1. The number of carbonyl (C=O) groups is 1. The van der Waals surface area contributed by atoms with E-state index in [2.05, 4.69) is 21.7 Å². The molecule has 0 fully saturated rings. The number of nitrogen functional groups attached to an aromatic ring is 1. The number of nitrogens with zero attached hydrogens (tertiary/aromatic N) is 1. The fourth-order valence-corrected chi connectivity index (χ4v) is 3.69. The van der Waals surface area contributed by atoms with Crippen LogP contribution in [0.5, 0.6) is 0 Å². The number of hydrogen-bond donors (Lipinski definition) is 2. The highest BCUT2D eigenvalue weighted by atomic mass is 35.5. The van der Waals surface area contributed by atoms with Gasteiger partial charge in [-0.05, 0) is 48.1 Å². The van der Waals surface area contributed by atoms with Gasteiger partial charge in [0.2, 0.25) is 0 Å². The molecule has 1 aliphatic rings. The molecule has 0 radical (unpaired) electrons. The van der Waals surface area contributed by atoms with Crippen molar-refractivity contribution in [3.8, 4) is 0 Å². The Hall–Kier alpha value is -1.27. The Morgan fingerprint density at radius 1 is 1.33 bits per heavy atom. The molecule has 132 valence electrons. The number of thiophene rings is 1. The number of benzene rings is 1. The minimum absolute atomic E-state index is 0. The third-order valence-electron chi connectivity index (χ3n) is 4.11. The Balaban J connectivity index is 0.00000144. The molecule has 1 aromatic heterocycles. The molecule has 4 nitrogen and oxygen atoms in total. The number of rotatable bonds is 4. The van der Waals surface area contributed by atoms with Gasteiger partial charge in [-0.25, -0.2) is 0 Å². The van der Waals surface area contributed by atoms with Crippen molar-refractivity contribution in [3.63, 3.8) is 0 Å². The molecular formula is C17H23Cl2N3OS. The minimum atomic E-state index is -0.0435. The highest BCUT2D eigenvalue weighted by molar-refractivity contribution is 7.10. The topological polar surface area (TPSA) is 58.4 Å². The van der Waals surface area contributed by atoms with E-state index in [1.54, 1.807) is 6.07 Å². The molecule has 7 heteroatoms. The summed E-state index contributed by atoms with van der Waals surface area (Å²) in [5, 5.41) is 5.16. The van der Waals surface area contributed by atoms with Gasteiger partial charge in [-0.3, -0.25) is 9.69 Å². The molecule has 0 bridgehead atoms. The first kappa shape index (κ1) is 20.8. The van der Waals surface area contributed by atoms with Gasteiger partial charge in [0.1, 0.15) is 0 Å². The van der Waals surface area contributed by atoms with Crippen molar-refractivity contribution in [2.75, 3.05) is 25.4 Å². The van der Waals surface area contributed by atoms with Crippen molar-refractivity contribution in [2.45, 2.75) is 19.9 Å². The van der Waals surface area contributed by atoms with Crippen LogP contribution in [0.1, 0.15) is 26.4 Å². The van der Waals surface area contributed by atoms with E-state index in [1.165, 1.54) is 10.4 Å². The van der Waals surface area contributed by atoms with E-state index < -0.39 is 0 Å². The summed E-state index contributed by atoms with van der Waals surface area (Å²) in [5.74, 6) is -0.0435. The Bertz CT molecular complexity index is 690. The number of nitrogens with one attached hydrogen (secondary N) is 1. The largest absolute Gasteiger partial charge is 0.399 e. The smallest absolute Gasteiger partial charge is 0.251 e. The van der Waals surface area contributed by atoms with E-state index in [4.69, 9.17) is 5.73 Å². The summed E-state index contributed by atoms with van der Waals surface area (Å²) in [6, 6.07) is 7.65. The Morgan fingerprint density at radius 2 is 2.12 bits per heavy atom. The van der Waals surface area contributed by atoms with E-state index >= 15 is 0 Å². The van der Waals surface area contributed by atoms with Crippen LogP contribution in [0.2, 0.25) is 0 Å². The van der Waals surface area contributed by atoms with Crippen molar-refractivity contribution in [1.82, 2.24) is 10.2 Å². The normalized spacial score (nSPS) is 13.4. The van der Waals surface area contributed by atoms with Gasteiger partial charge in [-0.1, -0.05) is 6.07 Å². The van der Waals surface area contributed by atoms with Crippen LogP contribution in [0.4, 0.5) is 5.69 Å². The molecular weight excluding hydrogens is 365 g/mol. The number of anilines is 1. The van der Waals surface area contributed by atoms with Gasteiger partial charge in [0.15, 0.2) is 0 Å². The number of aryl methyl sites for hydroxylation is 1. The zero-order valence-electron chi connectivity index (χ0n) is 13.6. The maximum Gasteiger partial charge on any atom is 0.251 e. The summed E-state index contributed by atoms with van der Waals surface area (Å²) < 4.78 is 0. The molecule has 1 aromatic carbocycles. The number of amides is 1. The quantitative estimate of drug-likeness (QED) is 0.791. The summed E-state index contributed by atoms with van der Waals surface area (Å²) in [6.45, 7) is 5.53. The van der Waals surface area contributed by atoms with Gasteiger partial charge in [0.25, 0.3) is 5.91 Å². The van der Waals surface area contributed by atoms with Crippen LogP contribution in [-0.2, 0) is 13.0 Å². The number of fused-ring (bicyclic) bond motifs is 1. The second kappa shape index (κ2) is 9.28. The van der Waals surface area contributed by atoms with Crippen LogP contribution in [0, 0.1) is 6.92 Å². The maximum absolute atomic E-state index is 12.2. The second-order valence-electron chi connectivity index (χ2n) is 5.73. The molecule has 0 atom stereocenters. The lowest BCUT2D eigenvalue weighted by Gasteiger charge is -2.26. The lowest BCUT2D eigenvalue weighted by atomic mass is 10.1. The zero-order valence-corrected chi connectivity index (χ0v) is 16.0. The van der Waals surface area contributed by atoms with Crippen molar-refractivity contribution < 1.29 is 4.79 Å². The molecule has 0 aliphatic carbocycles. The zero-order chi connectivity index (χ0) is 15.5. The Kier molecular flexibility index (Phi) is 8.03. The van der Waals surface area contributed by atoms with Gasteiger partial charge in [0, 0.05) is 42.3 Å². The predicted molar refractivity (Wildman–Crippen MR) is 106 cm³/mol. The number of nitrogens with two attached hydrogens (primary N) is 1. The van der Waals surface area contributed by atoms with Gasteiger partial charge in [-0.15, -0.1) is 36.2 Å². The summed E-state index contributed by atoms with van der Waals surface area (Å²) >= 11 is 1.85. The molecule has 2 heterocycles. The first-order valence-corrected chi connectivity index (χ1v) is 8.43. The highest BCUT2D eigenvalue weighted by Gasteiger charge is 2.17. The standard InChI is InChI=1S/C17H21N3OS.2ClH/c1-12-2-3-14(18)10-15(12)17(21)19-6-8-20-7-4-16-13(11-20)5-9-22-16;;/h2-3,5,9-10H,4,6-8,11,18H2,1H3,(H,19,21);2*1H. The first-order chi connectivity index (χ1) is 10.6. The minimum Gasteiger partial charge on any atom is -0.399 e. The van der Waals surface area contributed by atoms with Crippen molar-refractivity contribution in [3.05, 3.63) is 51.2 Å². The van der Waals surface area contributed by atoms with E-state index in [-0.39, 0.29) is 30.7 Å². The van der Waals surface area contributed by atoms with Crippen molar-refractivity contribution in [2.24, 2.45) is 0 Å². The fraction of sp³-hybridized carbons (Fsp3) is 0.353. The van der Waals surface area contributed by atoms with Crippen LogP contribution >= 0.6 is 36.2 Å². The summed E-state index contributed by atoms with van der Waals surface area (Å²) in [4.78, 5) is 16.1. The van der Waals surface area contributed by atoms with Crippen LogP contribution in [0.25, 0.3) is 0 Å². The molecule has 1 amide bonds. The van der Waals surface area contributed by atoms with Gasteiger partial charge in [0.05, 0.1) is 0 Å². The van der Waals surface area contributed by atoms with Crippen molar-refractivity contribution >= 4 is 47.7 Å². The van der Waals surface area contributed by atoms with Crippen LogP contribution in [0.3, 0.4) is 0 Å². The van der Waals surface area contributed by atoms with Crippen LogP contribution in [-0.4, -0.2) is 30.4 Å². The molecule has 1 aliphatic heterocycles. The molecule has 0 saturated heterocycles.